The maximum atomic E-state index is 12.0. The van der Waals surface area contributed by atoms with Crippen LogP contribution in [-0.2, 0) is 10.2 Å². The van der Waals surface area contributed by atoms with E-state index in [0.29, 0.717) is 6.42 Å². The zero-order valence-corrected chi connectivity index (χ0v) is 10.2. The van der Waals surface area contributed by atoms with Crippen molar-refractivity contribution in [2.45, 2.75) is 11.8 Å². The van der Waals surface area contributed by atoms with Gasteiger partial charge in [-0.3, -0.25) is 4.79 Å². The largest absolute Gasteiger partial charge is 0.369 e. The molecular formula is C16H16NO. The molecule has 2 nitrogen and oxygen atoms in total. The summed E-state index contributed by atoms with van der Waals surface area (Å²) in [6.45, 7) is 3.93. The van der Waals surface area contributed by atoms with Gasteiger partial charge in [0.1, 0.15) is 0 Å². The summed E-state index contributed by atoms with van der Waals surface area (Å²) in [5.41, 5.74) is 6.60. The van der Waals surface area contributed by atoms with E-state index in [1.807, 2.05) is 60.7 Å². The molecule has 2 rings (SSSR count). The standard InChI is InChI=1S/C16H16NO/c1-2-16(15(17)18,13-9-5-3-6-10-13)14-11-7-4-8-12-14/h3-12H,1-2H2,(H2,17,18). The second kappa shape index (κ2) is 5.05. The van der Waals surface area contributed by atoms with Crippen LogP contribution in [0, 0.1) is 6.92 Å². The molecule has 0 aliphatic carbocycles. The Morgan fingerprint density at radius 1 is 0.944 bits per heavy atom. The van der Waals surface area contributed by atoms with Gasteiger partial charge < -0.3 is 5.73 Å². The van der Waals surface area contributed by atoms with E-state index in [1.165, 1.54) is 0 Å². The average Bonchev–Trinajstić information content (AvgIpc) is 2.42. The zero-order chi connectivity index (χ0) is 13.0. The maximum Gasteiger partial charge on any atom is 0.232 e. The van der Waals surface area contributed by atoms with Gasteiger partial charge >= 0.3 is 0 Å². The summed E-state index contributed by atoms with van der Waals surface area (Å²) in [6.07, 6.45) is 0.399. The van der Waals surface area contributed by atoms with E-state index in [9.17, 15) is 4.79 Å². The molecule has 0 bridgehead atoms. The van der Waals surface area contributed by atoms with Crippen LogP contribution in [0.1, 0.15) is 17.5 Å². The van der Waals surface area contributed by atoms with Gasteiger partial charge in [0.25, 0.3) is 0 Å². The van der Waals surface area contributed by atoms with Crippen molar-refractivity contribution in [1.29, 1.82) is 0 Å². The highest BCUT2D eigenvalue weighted by Gasteiger charge is 2.38. The van der Waals surface area contributed by atoms with E-state index in [2.05, 4.69) is 6.92 Å². The summed E-state index contributed by atoms with van der Waals surface area (Å²) >= 11 is 0. The van der Waals surface area contributed by atoms with Crippen LogP contribution >= 0.6 is 0 Å². The summed E-state index contributed by atoms with van der Waals surface area (Å²) in [7, 11) is 0. The highest BCUT2D eigenvalue weighted by Crippen LogP contribution is 2.35. The Hall–Kier alpha value is -2.09. The highest BCUT2D eigenvalue weighted by molar-refractivity contribution is 5.90. The second-order valence-electron chi connectivity index (χ2n) is 4.25. The Morgan fingerprint density at radius 2 is 1.33 bits per heavy atom. The van der Waals surface area contributed by atoms with Crippen molar-refractivity contribution in [2.24, 2.45) is 5.73 Å². The highest BCUT2D eigenvalue weighted by atomic mass is 16.1. The molecule has 1 radical (unpaired) electrons. The van der Waals surface area contributed by atoms with Crippen LogP contribution in [0.5, 0.6) is 0 Å². The van der Waals surface area contributed by atoms with Gasteiger partial charge in [0.15, 0.2) is 0 Å². The minimum Gasteiger partial charge on any atom is -0.369 e. The third kappa shape index (κ3) is 1.90. The van der Waals surface area contributed by atoms with Crippen LogP contribution in [0.15, 0.2) is 60.7 Å². The van der Waals surface area contributed by atoms with Crippen LogP contribution < -0.4 is 5.73 Å². The third-order valence-electron chi connectivity index (χ3n) is 3.33. The summed E-state index contributed by atoms with van der Waals surface area (Å²) in [6, 6.07) is 19.2. The molecule has 0 saturated carbocycles. The van der Waals surface area contributed by atoms with E-state index in [4.69, 9.17) is 5.73 Å². The molecular weight excluding hydrogens is 222 g/mol. The second-order valence-corrected chi connectivity index (χ2v) is 4.25. The number of primary amides is 1. The topological polar surface area (TPSA) is 43.1 Å². The lowest BCUT2D eigenvalue weighted by atomic mass is 9.72. The van der Waals surface area contributed by atoms with Crippen molar-refractivity contribution in [3.63, 3.8) is 0 Å². The number of carbonyl (C=O) groups is 1. The molecule has 91 valence electrons. The van der Waals surface area contributed by atoms with Crippen molar-refractivity contribution >= 4 is 5.91 Å². The number of hydrogen-bond donors (Lipinski definition) is 1. The van der Waals surface area contributed by atoms with Crippen molar-refractivity contribution in [2.75, 3.05) is 0 Å². The van der Waals surface area contributed by atoms with Gasteiger partial charge in [-0.2, -0.15) is 0 Å². The number of benzene rings is 2. The maximum absolute atomic E-state index is 12.0. The first-order chi connectivity index (χ1) is 8.71. The molecule has 0 saturated heterocycles. The normalized spacial score (nSPS) is 11.2. The molecule has 1 amide bonds. The molecule has 0 unspecified atom stereocenters. The van der Waals surface area contributed by atoms with E-state index in [1.54, 1.807) is 0 Å². The fourth-order valence-electron chi connectivity index (χ4n) is 2.31. The minimum atomic E-state index is -0.845. The van der Waals surface area contributed by atoms with Gasteiger partial charge in [0.2, 0.25) is 5.91 Å². The molecule has 0 aromatic heterocycles. The summed E-state index contributed by atoms with van der Waals surface area (Å²) in [5, 5.41) is 0. The van der Waals surface area contributed by atoms with E-state index in [0.717, 1.165) is 11.1 Å². The summed E-state index contributed by atoms with van der Waals surface area (Å²) in [4.78, 5) is 12.0. The molecule has 2 aromatic carbocycles. The van der Waals surface area contributed by atoms with Crippen LogP contribution in [0.25, 0.3) is 0 Å². The molecule has 2 heteroatoms. The first-order valence-corrected chi connectivity index (χ1v) is 5.92. The van der Waals surface area contributed by atoms with Gasteiger partial charge in [-0.05, 0) is 17.5 Å². The number of hydrogen-bond acceptors (Lipinski definition) is 1. The fraction of sp³-hybridized carbons (Fsp3) is 0.125. The number of rotatable bonds is 4. The van der Waals surface area contributed by atoms with Crippen LogP contribution in [-0.4, -0.2) is 5.91 Å². The predicted octanol–water partition coefficient (Wildman–Crippen LogP) is 2.68. The molecule has 2 aromatic rings. The first kappa shape index (κ1) is 12.4. The average molecular weight is 238 g/mol. The molecule has 0 fully saturated rings. The predicted molar refractivity (Wildman–Crippen MR) is 72.8 cm³/mol. The van der Waals surface area contributed by atoms with E-state index >= 15 is 0 Å². The monoisotopic (exact) mass is 238 g/mol. The zero-order valence-electron chi connectivity index (χ0n) is 10.2. The Kier molecular flexibility index (Phi) is 3.47. The smallest absolute Gasteiger partial charge is 0.232 e. The van der Waals surface area contributed by atoms with Gasteiger partial charge in [0.05, 0.1) is 5.41 Å². The third-order valence-corrected chi connectivity index (χ3v) is 3.33. The minimum absolute atomic E-state index is 0.366. The van der Waals surface area contributed by atoms with Crippen molar-refractivity contribution in [3.05, 3.63) is 78.7 Å². The summed E-state index contributed by atoms with van der Waals surface area (Å²) < 4.78 is 0. The lowest BCUT2D eigenvalue weighted by Crippen LogP contribution is -2.41. The molecule has 0 spiro atoms. The SMILES string of the molecule is [CH2]CC(C(N)=O)(c1ccccc1)c1ccccc1. The van der Waals surface area contributed by atoms with Crippen molar-refractivity contribution in [1.82, 2.24) is 0 Å². The van der Waals surface area contributed by atoms with Crippen molar-refractivity contribution < 1.29 is 4.79 Å². The Labute approximate surface area is 107 Å². The number of amides is 1. The van der Waals surface area contributed by atoms with E-state index in [-0.39, 0.29) is 5.91 Å². The molecule has 0 heterocycles. The van der Waals surface area contributed by atoms with Gasteiger partial charge in [-0.15, -0.1) is 0 Å². The molecule has 18 heavy (non-hydrogen) atoms. The summed E-state index contributed by atoms with van der Waals surface area (Å²) in [5.74, 6) is -0.366. The van der Waals surface area contributed by atoms with Gasteiger partial charge in [-0.1, -0.05) is 67.6 Å². The lowest BCUT2D eigenvalue weighted by molar-refractivity contribution is -0.122. The molecule has 0 aliphatic heterocycles. The quantitative estimate of drug-likeness (QED) is 0.874. The van der Waals surface area contributed by atoms with Crippen LogP contribution in [0.2, 0.25) is 0 Å². The Morgan fingerprint density at radius 3 is 1.61 bits per heavy atom. The number of carbonyl (C=O) groups excluding carboxylic acids is 1. The van der Waals surface area contributed by atoms with Gasteiger partial charge in [-0.25, -0.2) is 0 Å². The molecule has 0 atom stereocenters. The van der Waals surface area contributed by atoms with Crippen molar-refractivity contribution in [3.8, 4) is 0 Å². The first-order valence-electron chi connectivity index (χ1n) is 5.92. The van der Waals surface area contributed by atoms with Crippen LogP contribution in [0.3, 0.4) is 0 Å². The fourth-order valence-corrected chi connectivity index (χ4v) is 2.31. The van der Waals surface area contributed by atoms with Gasteiger partial charge in [0, 0.05) is 0 Å². The van der Waals surface area contributed by atoms with Crippen LogP contribution in [0.4, 0.5) is 0 Å². The Balaban J connectivity index is 2.65. The Bertz CT molecular complexity index is 480. The lowest BCUT2D eigenvalue weighted by Gasteiger charge is -2.30. The number of nitrogens with two attached hydrogens (primary N) is 1. The van der Waals surface area contributed by atoms with E-state index < -0.39 is 5.41 Å². The molecule has 2 N–H and O–H groups in total. The molecule has 0 aliphatic rings.